The highest BCUT2D eigenvalue weighted by Crippen LogP contribution is 2.31. The van der Waals surface area contributed by atoms with Crippen molar-refractivity contribution in [3.63, 3.8) is 0 Å². The van der Waals surface area contributed by atoms with Crippen LogP contribution in [0, 0.1) is 5.82 Å². The quantitative estimate of drug-likeness (QED) is 0.661. The van der Waals surface area contributed by atoms with Crippen molar-refractivity contribution in [2.24, 2.45) is 0 Å². The van der Waals surface area contributed by atoms with Crippen molar-refractivity contribution < 1.29 is 19.0 Å². The number of hydrogen-bond acceptors (Lipinski definition) is 3. The van der Waals surface area contributed by atoms with Gasteiger partial charge in [0, 0.05) is 6.42 Å². The molecule has 1 aliphatic rings. The van der Waals surface area contributed by atoms with Gasteiger partial charge in [0.2, 0.25) is 0 Å². The third kappa shape index (κ3) is 1.14. The summed E-state index contributed by atoms with van der Waals surface area (Å²) in [5, 5.41) is 9.01. The smallest absolute Gasteiger partial charge is 0.179 e. The number of fused-ring (bicyclic) bond motifs is 1. The summed E-state index contributed by atoms with van der Waals surface area (Å²) in [7, 11) is 0. The van der Waals surface area contributed by atoms with Crippen molar-refractivity contribution in [1.82, 2.24) is 0 Å². The van der Waals surface area contributed by atoms with Crippen molar-refractivity contribution in [3.05, 3.63) is 23.5 Å². The Labute approximate surface area is 73.8 Å². The molecule has 1 aromatic rings. The summed E-state index contributed by atoms with van der Waals surface area (Å²) in [4.78, 5) is 11.2. The molecule has 4 heteroatoms. The Morgan fingerprint density at radius 3 is 3.00 bits per heavy atom. The average Bonchev–Trinajstić information content (AvgIpc) is 2.12. The Morgan fingerprint density at radius 1 is 1.46 bits per heavy atom. The van der Waals surface area contributed by atoms with E-state index in [9.17, 15) is 9.18 Å². The van der Waals surface area contributed by atoms with Gasteiger partial charge in [0.05, 0.1) is 12.2 Å². The molecule has 0 bridgehead atoms. The number of carbonyl (C=O) groups excluding carboxylic acids is 1. The molecule has 0 spiro atoms. The zero-order valence-electron chi connectivity index (χ0n) is 6.71. The van der Waals surface area contributed by atoms with Crippen LogP contribution >= 0.6 is 0 Å². The molecule has 3 nitrogen and oxygen atoms in total. The Morgan fingerprint density at radius 2 is 2.23 bits per heavy atom. The molecule has 0 fully saturated rings. The summed E-state index contributed by atoms with van der Waals surface area (Å²) >= 11 is 0. The molecule has 1 aliphatic heterocycles. The SMILES string of the molecule is O=C1CCOc2ccc(O)c(F)c21. The molecule has 13 heavy (non-hydrogen) atoms. The lowest BCUT2D eigenvalue weighted by Gasteiger charge is -2.16. The minimum Gasteiger partial charge on any atom is -0.505 e. The van der Waals surface area contributed by atoms with E-state index in [1.54, 1.807) is 0 Å². The maximum Gasteiger partial charge on any atom is 0.179 e. The first-order chi connectivity index (χ1) is 6.20. The highest BCUT2D eigenvalue weighted by molar-refractivity contribution is 6.00. The zero-order chi connectivity index (χ0) is 9.42. The highest BCUT2D eigenvalue weighted by atomic mass is 19.1. The molecule has 0 unspecified atom stereocenters. The van der Waals surface area contributed by atoms with E-state index >= 15 is 0 Å². The summed E-state index contributed by atoms with van der Waals surface area (Å²) in [6.07, 6.45) is 0.160. The molecular formula is C9H7FO3. The average molecular weight is 182 g/mol. The van der Waals surface area contributed by atoms with Crippen LogP contribution in [-0.2, 0) is 0 Å². The van der Waals surface area contributed by atoms with Crippen LogP contribution in [-0.4, -0.2) is 17.5 Å². The number of rotatable bonds is 0. The molecule has 0 saturated carbocycles. The van der Waals surface area contributed by atoms with Crippen LogP contribution in [0.5, 0.6) is 11.5 Å². The molecule has 0 atom stereocenters. The lowest BCUT2D eigenvalue weighted by atomic mass is 10.0. The van der Waals surface area contributed by atoms with Crippen LogP contribution in [0.4, 0.5) is 4.39 Å². The number of phenols is 1. The van der Waals surface area contributed by atoms with E-state index in [4.69, 9.17) is 9.84 Å². The minimum atomic E-state index is -0.887. The number of hydrogen-bond donors (Lipinski definition) is 1. The van der Waals surface area contributed by atoms with E-state index in [-0.39, 0.29) is 30.1 Å². The number of carbonyl (C=O) groups is 1. The van der Waals surface area contributed by atoms with Gasteiger partial charge < -0.3 is 9.84 Å². The van der Waals surface area contributed by atoms with Gasteiger partial charge in [0.15, 0.2) is 17.3 Å². The number of ketones is 1. The van der Waals surface area contributed by atoms with Gasteiger partial charge in [-0.25, -0.2) is 4.39 Å². The van der Waals surface area contributed by atoms with Gasteiger partial charge in [0.1, 0.15) is 5.75 Å². The molecule has 1 heterocycles. The standard InChI is InChI=1S/C9H7FO3/c10-9-6(12)1-2-7-8(9)5(11)3-4-13-7/h1-2,12H,3-4H2. The second-order valence-electron chi connectivity index (χ2n) is 2.79. The number of benzene rings is 1. The fourth-order valence-corrected chi connectivity index (χ4v) is 1.31. The maximum atomic E-state index is 13.2. The first-order valence-corrected chi connectivity index (χ1v) is 3.87. The van der Waals surface area contributed by atoms with Crippen molar-refractivity contribution in [3.8, 4) is 11.5 Å². The summed E-state index contributed by atoms with van der Waals surface area (Å²) in [5.74, 6) is -1.51. The van der Waals surface area contributed by atoms with Gasteiger partial charge in [-0.15, -0.1) is 0 Å². The van der Waals surface area contributed by atoms with E-state index in [0.29, 0.717) is 0 Å². The molecule has 68 valence electrons. The fourth-order valence-electron chi connectivity index (χ4n) is 1.31. The van der Waals surface area contributed by atoms with E-state index in [1.807, 2.05) is 0 Å². The summed E-state index contributed by atoms with van der Waals surface area (Å²) in [6.45, 7) is 0.274. The number of aromatic hydroxyl groups is 1. The molecule has 0 amide bonds. The lowest BCUT2D eigenvalue weighted by molar-refractivity contribution is 0.0926. The minimum absolute atomic E-state index is 0.133. The third-order valence-corrected chi connectivity index (χ3v) is 1.95. The van der Waals surface area contributed by atoms with Crippen molar-refractivity contribution in [2.45, 2.75) is 6.42 Å². The Balaban J connectivity index is 2.65. The van der Waals surface area contributed by atoms with Crippen LogP contribution < -0.4 is 4.74 Å². The van der Waals surface area contributed by atoms with Crippen LogP contribution in [0.3, 0.4) is 0 Å². The summed E-state index contributed by atoms with van der Waals surface area (Å²) < 4.78 is 18.2. The Hall–Kier alpha value is -1.58. The van der Waals surface area contributed by atoms with Gasteiger partial charge in [-0.3, -0.25) is 4.79 Å². The lowest BCUT2D eigenvalue weighted by Crippen LogP contribution is -2.16. The van der Waals surface area contributed by atoms with Gasteiger partial charge in [-0.05, 0) is 12.1 Å². The van der Waals surface area contributed by atoms with Gasteiger partial charge in [-0.1, -0.05) is 0 Å². The van der Waals surface area contributed by atoms with Crippen molar-refractivity contribution >= 4 is 5.78 Å². The summed E-state index contributed by atoms with van der Waals surface area (Å²) in [6, 6.07) is 2.57. The van der Waals surface area contributed by atoms with Gasteiger partial charge in [-0.2, -0.15) is 0 Å². The second kappa shape index (κ2) is 2.73. The largest absolute Gasteiger partial charge is 0.505 e. The zero-order valence-corrected chi connectivity index (χ0v) is 6.71. The number of phenolic OH excluding ortho intramolecular Hbond substituents is 1. The molecule has 0 saturated heterocycles. The molecule has 0 radical (unpaired) electrons. The second-order valence-corrected chi connectivity index (χ2v) is 2.79. The molecule has 1 aromatic carbocycles. The van der Waals surface area contributed by atoms with Gasteiger partial charge >= 0.3 is 0 Å². The van der Waals surface area contributed by atoms with E-state index in [0.717, 1.165) is 0 Å². The molecule has 0 aliphatic carbocycles. The van der Waals surface area contributed by atoms with Crippen molar-refractivity contribution in [2.75, 3.05) is 6.61 Å². The number of halogens is 1. The normalized spacial score (nSPS) is 15.0. The Kier molecular flexibility index (Phi) is 1.69. The van der Waals surface area contributed by atoms with Crippen LogP contribution in [0.15, 0.2) is 12.1 Å². The van der Waals surface area contributed by atoms with E-state index in [2.05, 4.69) is 0 Å². The van der Waals surface area contributed by atoms with E-state index < -0.39 is 11.6 Å². The van der Waals surface area contributed by atoms with Gasteiger partial charge in [0.25, 0.3) is 0 Å². The monoisotopic (exact) mass is 182 g/mol. The van der Waals surface area contributed by atoms with Crippen molar-refractivity contribution in [1.29, 1.82) is 0 Å². The topological polar surface area (TPSA) is 46.5 Å². The Bertz CT molecular complexity index is 373. The third-order valence-electron chi connectivity index (χ3n) is 1.95. The number of ether oxygens (including phenoxy) is 1. The number of Topliss-reactive ketones (excluding diaryl/α,β-unsaturated/α-hetero) is 1. The first kappa shape index (κ1) is 8.04. The predicted molar refractivity (Wildman–Crippen MR) is 42.5 cm³/mol. The molecule has 0 aromatic heterocycles. The molecule has 1 N–H and O–H groups in total. The summed E-state index contributed by atoms with van der Waals surface area (Å²) in [5.41, 5.74) is -0.133. The van der Waals surface area contributed by atoms with Crippen LogP contribution in [0.25, 0.3) is 0 Å². The van der Waals surface area contributed by atoms with E-state index in [1.165, 1.54) is 12.1 Å². The molecule has 2 rings (SSSR count). The molecular weight excluding hydrogens is 175 g/mol. The fraction of sp³-hybridized carbons (Fsp3) is 0.222. The highest BCUT2D eigenvalue weighted by Gasteiger charge is 2.24. The first-order valence-electron chi connectivity index (χ1n) is 3.87. The predicted octanol–water partition coefficient (Wildman–Crippen LogP) is 1.50. The van der Waals surface area contributed by atoms with Crippen LogP contribution in [0.1, 0.15) is 16.8 Å². The van der Waals surface area contributed by atoms with Crippen LogP contribution in [0.2, 0.25) is 0 Å². The maximum absolute atomic E-state index is 13.2.